The van der Waals surface area contributed by atoms with Crippen LogP contribution in [0.2, 0.25) is 0 Å². The van der Waals surface area contributed by atoms with Crippen LogP contribution < -0.4 is 5.73 Å². The molecular weight excluding hydrogens is 229 g/mol. The molecule has 0 aliphatic rings. The number of halogens is 1. The lowest BCUT2D eigenvalue weighted by Crippen LogP contribution is -2.04. The summed E-state index contributed by atoms with van der Waals surface area (Å²) in [6.07, 6.45) is 2.16. The highest BCUT2D eigenvalue weighted by Gasteiger charge is 2.13. The molecule has 0 aliphatic carbocycles. The molecule has 0 bridgehead atoms. The van der Waals surface area contributed by atoms with Crippen molar-refractivity contribution in [1.29, 1.82) is 0 Å². The molecule has 4 heteroatoms. The number of nitrogens with zero attached hydrogens (tertiary/aromatic N) is 2. The quantitative estimate of drug-likeness (QED) is 0.900. The van der Waals surface area contributed by atoms with E-state index in [1.807, 2.05) is 17.6 Å². The first-order valence-corrected chi connectivity index (χ1v) is 6.22. The fourth-order valence-electron chi connectivity index (χ4n) is 2.03. The van der Waals surface area contributed by atoms with Gasteiger partial charge in [0.1, 0.15) is 23.2 Å². The number of imidazole rings is 1. The first kappa shape index (κ1) is 12.6. The number of hydrogen-bond donors (Lipinski definition) is 1. The van der Waals surface area contributed by atoms with Gasteiger partial charge in [0.05, 0.1) is 0 Å². The average molecular weight is 247 g/mol. The van der Waals surface area contributed by atoms with E-state index in [0.717, 1.165) is 30.8 Å². The smallest absolute Gasteiger partial charge is 0.131 e. The third-order valence-corrected chi connectivity index (χ3v) is 3.03. The molecular formula is C14H18FN3. The summed E-state index contributed by atoms with van der Waals surface area (Å²) in [5, 5.41) is 0. The van der Waals surface area contributed by atoms with Gasteiger partial charge in [-0.3, -0.25) is 0 Å². The van der Waals surface area contributed by atoms with Crippen molar-refractivity contribution in [3.8, 4) is 11.3 Å². The van der Waals surface area contributed by atoms with Crippen LogP contribution in [-0.2, 0) is 6.54 Å². The third-order valence-electron chi connectivity index (χ3n) is 3.03. The molecule has 0 atom stereocenters. The third kappa shape index (κ3) is 2.37. The number of rotatable bonds is 4. The second kappa shape index (κ2) is 5.21. The first-order valence-electron chi connectivity index (χ1n) is 6.22. The summed E-state index contributed by atoms with van der Waals surface area (Å²) in [7, 11) is 0. The number of nitrogens with two attached hydrogens (primary N) is 1. The zero-order valence-corrected chi connectivity index (χ0v) is 10.8. The Morgan fingerprint density at radius 3 is 2.83 bits per heavy atom. The molecule has 1 heterocycles. The molecule has 96 valence electrons. The highest BCUT2D eigenvalue weighted by molar-refractivity contribution is 5.70. The van der Waals surface area contributed by atoms with E-state index >= 15 is 0 Å². The normalized spacial score (nSPS) is 10.8. The van der Waals surface area contributed by atoms with Crippen molar-refractivity contribution >= 4 is 5.82 Å². The van der Waals surface area contributed by atoms with E-state index in [0.29, 0.717) is 11.5 Å². The minimum absolute atomic E-state index is 0.271. The van der Waals surface area contributed by atoms with Crippen molar-refractivity contribution in [1.82, 2.24) is 9.55 Å². The number of aromatic nitrogens is 2. The fourth-order valence-corrected chi connectivity index (χ4v) is 2.03. The van der Waals surface area contributed by atoms with Gasteiger partial charge in [0.15, 0.2) is 0 Å². The van der Waals surface area contributed by atoms with E-state index in [1.54, 1.807) is 6.07 Å². The van der Waals surface area contributed by atoms with E-state index in [1.165, 1.54) is 12.1 Å². The van der Waals surface area contributed by atoms with Crippen LogP contribution in [0.15, 0.2) is 24.3 Å². The van der Waals surface area contributed by atoms with Gasteiger partial charge in [-0.05, 0) is 25.5 Å². The van der Waals surface area contributed by atoms with Crippen molar-refractivity contribution in [2.75, 3.05) is 5.73 Å². The van der Waals surface area contributed by atoms with Gasteiger partial charge in [0.2, 0.25) is 0 Å². The Balaban J connectivity index is 2.40. The van der Waals surface area contributed by atoms with Gasteiger partial charge in [-0.25, -0.2) is 9.37 Å². The minimum Gasteiger partial charge on any atom is -0.383 e. The summed E-state index contributed by atoms with van der Waals surface area (Å²) in [6.45, 7) is 4.92. The van der Waals surface area contributed by atoms with Crippen LogP contribution in [0.1, 0.15) is 25.6 Å². The Labute approximate surface area is 106 Å². The Hall–Kier alpha value is -1.84. The standard InChI is InChI=1S/C14H18FN3/c1-3-4-8-18-10(2)17-13(14(18)16)11-6-5-7-12(15)9-11/h5-7,9H,3-4,8,16H2,1-2H3. The van der Waals surface area contributed by atoms with Crippen LogP contribution in [0.3, 0.4) is 0 Å². The zero-order chi connectivity index (χ0) is 13.1. The lowest BCUT2D eigenvalue weighted by Gasteiger charge is -2.06. The Bertz CT molecular complexity index is 546. The molecule has 2 rings (SSSR count). The van der Waals surface area contributed by atoms with Gasteiger partial charge in [-0.2, -0.15) is 0 Å². The van der Waals surface area contributed by atoms with Crippen molar-refractivity contribution in [3.05, 3.63) is 35.9 Å². The Morgan fingerprint density at radius 1 is 1.39 bits per heavy atom. The molecule has 0 saturated heterocycles. The zero-order valence-electron chi connectivity index (χ0n) is 10.8. The number of anilines is 1. The molecule has 0 radical (unpaired) electrons. The highest BCUT2D eigenvalue weighted by atomic mass is 19.1. The predicted octanol–water partition coefficient (Wildman–Crippen LogP) is 3.38. The Morgan fingerprint density at radius 2 is 2.17 bits per heavy atom. The van der Waals surface area contributed by atoms with Crippen molar-refractivity contribution < 1.29 is 4.39 Å². The summed E-state index contributed by atoms with van der Waals surface area (Å²) in [5.74, 6) is 1.22. The molecule has 1 aromatic carbocycles. The topological polar surface area (TPSA) is 43.8 Å². The molecule has 0 unspecified atom stereocenters. The van der Waals surface area contributed by atoms with Crippen molar-refractivity contribution in [2.24, 2.45) is 0 Å². The molecule has 0 spiro atoms. The summed E-state index contributed by atoms with van der Waals surface area (Å²) >= 11 is 0. The molecule has 2 N–H and O–H groups in total. The largest absolute Gasteiger partial charge is 0.383 e. The number of nitrogen functional groups attached to an aromatic ring is 1. The molecule has 0 aliphatic heterocycles. The summed E-state index contributed by atoms with van der Waals surface area (Å²) in [4.78, 5) is 4.45. The molecule has 0 amide bonds. The lowest BCUT2D eigenvalue weighted by molar-refractivity contribution is 0.622. The monoisotopic (exact) mass is 247 g/mol. The Kier molecular flexibility index (Phi) is 3.65. The molecule has 18 heavy (non-hydrogen) atoms. The number of benzene rings is 1. The van der Waals surface area contributed by atoms with Crippen molar-refractivity contribution in [3.63, 3.8) is 0 Å². The highest BCUT2D eigenvalue weighted by Crippen LogP contribution is 2.26. The number of hydrogen-bond acceptors (Lipinski definition) is 2. The van der Waals surface area contributed by atoms with Gasteiger partial charge in [-0.1, -0.05) is 25.5 Å². The van der Waals surface area contributed by atoms with Crippen LogP contribution >= 0.6 is 0 Å². The van der Waals surface area contributed by atoms with E-state index in [2.05, 4.69) is 11.9 Å². The van der Waals surface area contributed by atoms with E-state index in [-0.39, 0.29) is 5.82 Å². The minimum atomic E-state index is -0.271. The van der Waals surface area contributed by atoms with Gasteiger partial charge < -0.3 is 10.3 Å². The molecule has 2 aromatic rings. The number of unbranched alkanes of at least 4 members (excludes halogenated alkanes) is 1. The molecule has 0 saturated carbocycles. The van der Waals surface area contributed by atoms with Crippen LogP contribution in [0.25, 0.3) is 11.3 Å². The first-order chi connectivity index (χ1) is 8.63. The average Bonchev–Trinajstić information content (AvgIpc) is 2.63. The number of aryl methyl sites for hydroxylation is 1. The maximum atomic E-state index is 13.2. The van der Waals surface area contributed by atoms with Gasteiger partial charge in [0.25, 0.3) is 0 Å². The SMILES string of the molecule is CCCCn1c(C)nc(-c2cccc(F)c2)c1N. The second-order valence-electron chi connectivity index (χ2n) is 4.41. The molecule has 0 fully saturated rings. The van der Waals surface area contributed by atoms with Crippen molar-refractivity contribution in [2.45, 2.75) is 33.2 Å². The van der Waals surface area contributed by atoms with Crippen LogP contribution in [0.4, 0.5) is 10.2 Å². The predicted molar refractivity (Wildman–Crippen MR) is 71.7 cm³/mol. The van der Waals surface area contributed by atoms with Crippen LogP contribution in [0.5, 0.6) is 0 Å². The summed E-state index contributed by atoms with van der Waals surface area (Å²) in [6, 6.07) is 6.37. The van der Waals surface area contributed by atoms with Gasteiger partial charge >= 0.3 is 0 Å². The maximum Gasteiger partial charge on any atom is 0.131 e. The maximum absolute atomic E-state index is 13.2. The van der Waals surface area contributed by atoms with Gasteiger partial charge in [-0.15, -0.1) is 0 Å². The van der Waals surface area contributed by atoms with Crippen LogP contribution in [-0.4, -0.2) is 9.55 Å². The second-order valence-corrected chi connectivity index (χ2v) is 4.41. The van der Waals surface area contributed by atoms with Gasteiger partial charge in [0, 0.05) is 12.1 Å². The summed E-state index contributed by atoms with van der Waals surface area (Å²) < 4.78 is 15.2. The fraction of sp³-hybridized carbons (Fsp3) is 0.357. The van der Waals surface area contributed by atoms with E-state index in [4.69, 9.17) is 5.73 Å². The van der Waals surface area contributed by atoms with Crippen LogP contribution in [0, 0.1) is 12.7 Å². The molecule has 1 aromatic heterocycles. The molecule has 3 nitrogen and oxygen atoms in total. The van der Waals surface area contributed by atoms with E-state index in [9.17, 15) is 4.39 Å². The summed E-state index contributed by atoms with van der Waals surface area (Å²) in [5.41, 5.74) is 7.50. The lowest BCUT2D eigenvalue weighted by atomic mass is 10.1. The van der Waals surface area contributed by atoms with E-state index < -0.39 is 0 Å².